The summed E-state index contributed by atoms with van der Waals surface area (Å²) in [4.78, 5) is 24.3. The molecule has 2 aromatic rings. The molecule has 6 nitrogen and oxygen atoms in total. The van der Waals surface area contributed by atoms with Crippen LogP contribution in [0.4, 0.5) is 0 Å². The van der Waals surface area contributed by atoms with E-state index in [1.54, 1.807) is 0 Å². The molecule has 1 heterocycles. The molecule has 1 aromatic heterocycles. The van der Waals surface area contributed by atoms with Gasteiger partial charge in [0.1, 0.15) is 6.61 Å². The molecule has 0 aliphatic rings. The first-order valence-electron chi connectivity index (χ1n) is 7.73. The van der Waals surface area contributed by atoms with Crippen LogP contribution in [0.15, 0.2) is 47.4 Å². The zero-order valence-electron chi connectivity index (χ0n) is 13.8. The minimum Gasteiger partial charge on any atom is -0.482 e. The van der Waals surface area contributed by atoms with Crippen LogP contribution in [0, 0.1) is 0 Å². The number of aromatic nitrogens is 1. The molecule has 0 aliphatic carbocycles. The summed E-state index contributed by atoms with van der Waals surface area (Å²) in [6.45, 7) is 2.15. The molecule has 1 atom stereocenters. The van der Waals surface area contributed by atoms with Gasteiger partial charge in [-0.2, -0.15) is 0 Å². The molecule has 128 valence electrons. The van der Waals surface area contributed by atoms with Crippen molar-refractivity contribution in [2.45, 2.75) is 32.6 Å². The molecular formula is C18H21NO5. The van der Waals surface area contributed by atoms with E-state index < -0.39 is 17.5 Å². The van der Waals surface area contributed by atoms with Crippen LogP contribution in [0.25, 0.3) is 0 Å². The number of aliphatic hydroxyl groups excluding tert-OH is 1. The Balaban J connectivity index is 2.38. The highest BCUT2D eigenvalue weighted by atomic mass is 16.5. The minimum absolute atomic E-state index is 0.00781. The Morgan fingerprint density at radius 3 is 2.58 bits per heavy atom. The number of nitrogens with zero attached hydrogens (tertiary/aromatic N) is 1. The average molecular weight is 331 g/mol. The van der Waals surface area contributed by atoms with Crippen molar-refractivity contribution < 1.29 is 19.4 Å². The monoisotopic (exact) mass is 331 g/mol. The second-order valence-corrected chi connectivity index (χ2v) is 5.34. The number of benzene rings is 1. The largest absolute Gasteiger partial charge is 0.482 e. The summed E-state index contributed by atoms with van der Waals surface area (Å²) in [6, 6.07) is 10.6. The standard InChI is InChI=1S/C18H21NO5/c1-3-14(20)11-19-10-9-15(21)17(16(19)18(22)23-2)24-12-13-7-5-4-6-8-13/h4-10,14,20H,3,11-12H2,1-2H3. The molecule has 0 saturated heterocycles. The van der Waals surface area contributed by atoms with E-state index in [0.717, 1.165) is 5.56 Å². The first-order valence-corrected chi connectivity index (χ1v) is 7.73. The number of esters is 1. The van der Waals surface area contributed by atoms with Crippen molar-refractivity contribution in [3.8, 4) is 5.75 Å². The SMILES string of the molecule is CCC(O)Cn1ccc(=O)c(OCc2ccccc2)c1C(=O)OC. The van der Waals surface area contributed by atoms with Crippen molar-refractivity contribution in [2.24, 2.45) is 0 Å². The van der Waals surface area contributed by atoms with Gasteiger partial charge in [0.2, 0.25) is 5.43 Å². The quantitative estimate of drug-likeness (QED) is 0.785. The maximum absolute atomic E-state index is 12.2. The van der Waals surface area contributed by atoms with Crippen molar-refractivity contribution in [1.29, 1.82) is 0 Å². The third-order valence-electron chi connectivity index (χ3n) is 3.62. The Morgan fingerprint density at radius 1 is 1.25 bits per heavy atom. The van der Waals surface area contributed by atoms with Crippen LogP contribution in [0.3, 0.4) is 0 Å². The highest BCUT2D eigenvalue weighted by molar-refractivity contribution is 5.90. The molecule has 6 heteroatoms. The normalized spacial score (nSPS) is 11.8. The summed E-state index contributed by atoms with van der Waals surface area (Å²) in [5, 5.41) is 9.87. The molecule has 0 saturated carbocycles. The van der Waals surface area contributed by atoms with E-state index in [9.17, 15) is 14.7 Å². The molecule has 0 radical (unpaired) electrons. The van der Waals surface area contributed by atoms with Crippen LogP contribution in [0.5, 0.6) is 5.75 Å². The lowest BCUT2D eigenvalue weighted by Crippen LogP contribution is -2.25. The van der Waals surface area contributed by atoms with Crippen molar-refractivity contribution in [3.63, 3.8) is 0 Å². The summed E-state index contributed by atoms with van der Waals surface area (Å²) in [5.74, 6) is -0.754. The van der Waals surface area contributed by atoms with Crippen molar-refractivity contribution >= 4 is 5.97 Å². The van der Waals surface area contributed by atoms with Crippen LogP contribution in [-0.4, -0.2) is 28.9 Å². The molecule has 24 heavy (non-hydrogen) atoms. The van der Waals surface area contributed by atoms with Gasteiger partial charge in [0.15, 0.2) is 11.4 Å². The fourth-order valence-electron chi connectivity index (χ4n) is 2.24. The molecule has 0 fully saturated rings. The highest BCUT2D eigenvalue weighted by Gasteiger charge is 2.22. The Kier molecular flexibility index (Phi) is 6.14. The van der Waals surface area contributed by atoms with Crippen LogP contribution < -0.4 is 10.2 Å². The predicted octanol–water partition coefficient (Wildman–Crippen LogP) is 1.98. The maximum Gasteiger partial charge on any atom is 0.358 e. The van der Waals surface area contributed by atoms with E-state index in [-0.39, 0.29) is 24.6 Å². The third-order valence-corrected chi connectivity index (χ3v) is 3.62. The number of carbonyl (C=O) groups excluding carboxylic acids is 1. The summed E-state index contributed by atoms with van der Waals surface area (Å²) in [5.41, 5.74) is 0.471. The molecule has 1 aromatic carbocycles. The number of carbonyl (C=O) groups is 1. The first kappa shape index (κ1) is 17.7. The molecule has 1 unspecified atom stereocenters. The molecule has 0 aliphatic heterocycles. The van der Waals surface area contributed by atoms with Crippen LogP contribution in [-0.2, 0) is 17.9 Å². The van der Waals surface area contributed by atoms with Crippen LogP contribution in [0.1, 0.15) is 29.4 Å². The van der Waals surface area contributed by atoms with Gasteiger partial charge < -0.3 is 19.1 Å². The van der Waals surface area contributed by atoms with Crippen LogP contribution in [0.2, 0.25) is 0 Å². The molecular weight excluding hydrogens is 310 g/mol. The predicted molar refractivity (Wildman–Crippen MR) is 89.1 cm³/mol. The fraction of sp³-hybridized carbons (Fsp3) is 0.333. The van der Waals surface area contributed by atoms with E-state index in [2.05, 4.69) is 0 Å². The Labute approximate surface area is 140 Å². The maximum atomic E-state index is 12.2. The Hall–Kier alpha value is -2.60. The number of ether oxygens (including phenoxy) is 2. The van der Waals surface area contributed by atoms with Gasteiger partial charge in [-0.05, 0) is 12.0 Å². The van der Waals surface area contributed by atoms with Crippen molar-refractivity contribution in [2.75, 3.05) is 7.11 Å². The van der Waals surface area contributed by atoms with Gasteiger partial charge in [-0.15, -0.1) is 0 Å². The Bertz CT molecular complexity index is 739. The fourth-order valence-corrected chi connectivity index (χ4v) is 2.24. The van der Waals surface area contributed by atoms with Crippen molar-refractivity contribution in [1.82, 2.24) is 4.57 Å². The Morgan fingerprint density at radius 2 is 1.96 bits per heavy atom. The lowest BCUT2D eigenvalue weighted by atomic mass is 10.2. The summed E-state index contributed by atoms with van der Waals surface area (Å²) in [7, 11) is 1.24. The van der Waals surface area contributed by atoms with Gasteiger partial charge >= 0.3 is 5.97 Å². The molecule has 0 bridgehead atoms. The zero-order valence-corrected chi connectivity index (χ0v) is 13.8. The smallest absolute Gasteiger partial charge is 0.358 e. The van der Waals surface area contributed by atoms with E-state index in [1.807, 2.05) is 37.3 Å². The lowest BCUT2D eigenvalue weighted by Gasteiger charge is -2.18. The molecule has 0 amide bonds. The van der Waals surface area contributed by atoms with E-state index in [4.69, 9.17) is 9.47 Å². The topological polar surface area (TPSA) is 77.8 Å². The van der Waals surface area contributed by atoms with E-state index in [0.29, 0.717) is 6.42 Å². The molecule has 0 spiro atoms. The number of aliphatic hydroxyl groups is 1. The second-order valence-electron chi connectivity index (χ2n) is 5.34. The third kappa shape index (κ3) is 4.23. The molecule has 1 N–H and O–H groups in total. The number of rotatable bonds is 7. The van der Waals surface area contributed by atoms with Gasteiger partial charge in [0, 0.05) is 18.8 Å². The van der Waals surface area contributed by atoms with Crippen LogP contribution >= 0.6 is 0 Å². The van der Waals surface area contributed by atoms with Gasteiger partial charge in [-0.3, -0.25) is 4.79 Å². The zero-order chi connectivity index (χ0) is 17.5. The number of hydrogen-bond donors (Lipinski definition) is 1. The summed E-state index contributed by atoms with van der Waals surface area (Å²) < 4.78 is 11.9. The highest BCUT2D eigenvalue weighted by Crippen LogP contribution is 2.17. The summed E-state index contributed by atoms with van der Waals surface area (Å²) >= 11 is 0. The van der Waals surface area contributed by atoms with Gasteiger partial charge in [-0.25, -0.2) is 4.79 Å². The van der Waals surface area contributed by atoms with E-state index >= 15 is 0 Å². The number of methoxy groups -OCH3 is 1. The van der Waals surface area contributed by atoms with Gasteiger partial charge in [0.05, 0.1) is 13.2 Å². The first-order chi connectivity index (χ1) is 11.6. The number of pyridine rings is 1. The molecule has 2 rings (SSSR count). The summed E-state index contributed by atoms with van der Waals surface area (Å²) in [6.07, 6.45) is 1.34. The average Bonchev–Trinajstić information content (AvgIpc) is 2.61. The second kappa shape index (κ2) is 8.31. The number of hydrogen-bond acceptors (Lipinski definition) is 5. The van der Waals surface area contributed by atoms with Gasteiger partial charge in [0.25, 0.3) is 0 Å². The van der Waals surface area contributed by atoms with Crippen molar-refractivity contribution in [3.05, 3.63) is 64.1 Å². The van der Waals surface area contributed by atoms with Gasteiger partial charge in [-0.1, -0.05) is 37.3 Å². The van der Waals surface area contributed by atoms with E-state index in [1.165, 1.54) is 23.9 Å². The minimum atomic E-state index is -0.681. The lowest BCUT2D eigenvalue weighted by molar-refractivity contribution is 0.0574.